The van der Waals surface area contributed by atoms with Gasteiger partial charge in [-0.25, -0.2) is 0 Å². The first kappa shape index (κ1) is 14.7. The van der Waals surface area contributed by atoms with E-state index in [4.69, 9.17) is 4.74 Å². The van der Waals surface area contributed by atoms with E-state index in [-0.39, 0.29) is 16.6 Å². The Balaban J connectivity index is 2.98. The lowest BCUT2D eigenvalue weighted by Crippen LogP contribution is -2.55. The number of methoxy groups -OCH3 is 1. The van der Waals surface area contributed by atoms with Crippen LogP contribution in [0, 0.1) is 10.8 Å². The predicted molar refractivity (Wildman–Crippen MR) is 71.1 cm³/mol. The van der Waals surface area contributed by atoms with Crippen molar-refractivity contribution < 1.29 is 9.53 Å². The Labute approximate surface area is 106 Å². The minimum absolute atomic E-state index is 0.0378. The van der Waals surface area contributed by atoms with Crippen molar-refractivity contribution in [3.8, 4) is 0 Å². The van der Waals surface area contributed by atoms with Crippen molar-refractivity contribution in [2.45, 2.75) is 72.3 Å². The standard InChI is InChI=1S/C15H28O2/c1-13(2,3)11-12(16)15(17-6)10-8-7-9-14(15,4)5/h7-11H2,1-6H3. The zero-order chi connectivity index (χ0) is 13.3. The summed E-state index contributed by atoms with van der Waals surface area (Å²) in [5.74, 6) is 0.289. The van der Waals surface area contributed by atoms with Crippen LogP contribution in [0.3, 0.4) is 0 Å². The topological polar surface area (TPSA) is 26.3 Å². The molecule has 0 aromatic rings. The zero-order valence-corrected chi connectivity index (χ0v) is 12.4. The first-order chi connectivity index (χ1) is 7.65. The maximum Gasteiger partial charge on any atom is 0.165 e. The van der Waals surface area contributed by atoms with Crippen LogP contribution in [0.5, 0.6) is 0 Å². The van der Waals surface area contributed by atoms with E-state index in [9.17, 15) is 4.79 Å². The molecule has 2 nitrogen and oxygen atoms in total. The number of hydrogen-bond donors (Lipinski definition) is 0. The third-order valence-corrected chi connectivity index (χ3v) is 4.16. The third kappa shape index (κ3) is 2.90. The smallest absolute Gasteiger partial charge is 0.165 e. The molecule has 17 heavy (non-hydrogen) atoms. The average Bonchev–Trinajstić information content (AvgIpc) is 2.14. The molecule has 0 aromatic carbocycles. The third-order valence-electron chi connectivity index (χ3n) is 4.16. The second-order valence-electron chi connectivity index (χ2n) is 7.28. The highest BCUT2D eigenvalue weighted by molar-refractivity contribution is 5.89. The summed E-state index contributed by atoms with van der Waals surface area (Å²) in [6.45, 7) is 10.7. The predicted octanol–water partition coefficient (Wildman–Crippen LogP) is 3.98. The Kier molecular flexibility index (Phi) is 4.08. The van der Waals surface area contributed by atoms with Crippen LogP contribution in [-0.2, 0) is 9.53 Å². The molecule has 0 radical (unpaired) electrons. The molecule has 0 aromatic heterocycles. The summed E-state index contributed by atoms with van der Waals surface area (Å²) in [7, 11) is 1.70. The van der Waals surface area contributed by atoms with E-state index in [1.165, 1.54) is 6.42 Å². The molecule has 1 atom stereocenters. The van der Waals surface area contributed by atoms with E-state index in [0.717, 1.165) is 19.3 Å². The monoisotopic (exact) mass is 240 g/mol. The molecule has 0 saturated heterocycles. The van der Waals surface area contributed by atoms with Gasteiger partial charge in [-0.05, 0) is 18.3 Å². The van der Waals surface area contributed by atoms with Crippen molar-refractivity contribution in [2.75, 3.05) is 7.11 Å². The number of carbonyl (C=O) groups excluding carboxylic acids is 1. The molecule has 1 unspecified atom stereocenters. The second kappa shape index (κ2) is 4.72. The lowest BCUT2D eigenvalue weighted by molar-refractivity contribution is -0.167. The lowest BCUT2D eigenvalue weighted by Gasteiger charge is -2.48. The molecule has 2 heteroatoms. The Morgan fingerprint density at radius 1 is 1.18 bits per heavy atom. The number of hydrogen-bond acceptors (Lipinski definition) is 2. The van der Waals surface area contributed by atoms with Crippen LogP contribution in [0.25, 0.3) is 0 Å². The van der Waals surface area contributed by atoms with Crippen LogP contribution < -0.4 is 0 Å². The van der Waals surface area contributed by atoms with Gasteiger partial charge in [0.25, 0.3) is 0 Å². The van der Waals surface area contributed by atoms with Crippen LogP contribution in [0.2, 0.25) is 0 Å². The highest BCUT2D eigenvalue weighted by Gasteiger charge is 2.52. The van der Waals surface area contributed by atoms with E-state index in [2.05, 4.69) is 34.6 Å². The van der Waals surface area contributed by atoms with Gasteiger partial charge in [0.2, 0.25) is 0 Å². The summed E-state index contributed by atoms with van der Waals surface area (Å²) in [6, 6.07) is 0. The summed E-state index contributed by atoms with van der Waals surface area (Å²) in [6.07, 6.45) is 4.88. The van der Waals surface area contributed by atoms with Gasteiger partial charge in [0.15, 0.2) is 5.78 Å². The normalized spacial score (nSPS) is 29.1. The quantitative estimate of drug-likeness (QED) is 0.746. The van der Waals surface area contributed by atoms with E-state index >= 15 is 0 Å². The van der Waals surface area contributed by atoms with Crippen molar-refractivity contribution in [1.82, 2.24) is 0 Å². The van der Waals surface area contributed by atoms with Crippen molar-refractivity contribution in [1.29, 1.82) is 0 Å². The van der Waals surface area contributed by atoms with Crippen molar-refractivity contribution >= 4 is 5.78 Å². The summed E-state index contributed by atoms with van der Waals surface area (Å²) >= 11 is 0. The first-order valence-corrected chi connectivity index (χ1v) is 6.73. The van der Waals surface area contributed by atoms with Gasteiger partial charge in [-0.15, -0.1) is 0 Å². The van der Waals surface area contributed by atoms with Gasteiger partial charge in [-0.2, -0.15) is 0 Å². The van der Waals surface area contributed by atoms with Crippen LogP contribution >= 0.6 is 0 Å². The van der Waals surface area contributed by atoms with Crippen LogP contribution in [0.1, 0.15) is 66.7 Å². The van der Waals surface area contributed by atoms with Crippen LogP contribution in [0.15, 0.2) is 0 Å². The maximum absolute atomic E-state index is 12.7. The number of Topliss-reactive ketones (excluding diaryl/α,β-unsaturated/α-hetero) is 1. The van der Waals surface area contributed by atoms with Crippen molar-refractivity contribution in [3.05, 3.63) is 0 Å². The van der Waals surface area contributed by atoms with Gasteiger partial charge < -0.3 is 4.74 Å². The first-order valence-electron chi connectivity index (χ1n) is 6.73. The summed E-state index contributed by atoms with van der Waals surface area (Å²) in [5.41, 5.74) is -0.559. The molecule has 0 spiro atoms. The van der Waals surface area contributed by atoms with E-state index < -0.39 is 5.60 Å². The molecule has 0 aliphatic heterocycles. The fourth-order valence-electron chi connectivity index (χ4n) is 3.11. The summed E-state index contributed by atoms with van der Waals surface area (Å²) < 4.78 is 5.75. The Bertz CT molecular complexity index is 286. The molecule has 0 heterocycles. The molecule has 1 fully saturated rings. The molecule has 0 bridgehead atoms. The zero-order valence-electron chi connectivity index (χ0n) is 12.4. The van der Waals surface area contributed by atoms with Gasteiger partial charge in [0, 0.05) is 18.9 Å². The van der Waals surface area contributed by atoms with Gasteiger partial charge in [-0.3, -0.25) is 4.79 Å². The van der Waals surface area contributed by atoms with Gasteiger partial charge in [0.1, 0.15) is 5.60 Å². The molecule has 0 N–H and O–H groups in total. The van der Waals surface area contributed by atoms with Gasteiger partial charge in [-0.1, -0.05) is 47.5 Å². The highest BCUT2D eigenvalue weighted by atomic mass is 16.5. The van der Waals surface area contributed by atoms with E-state index in [0.29, 0.717) is 6.42 Å². The minimum Gasteiger partial charge on any atom is -0.370 e. The largest absolute Gasteiger partial charge is 0.370 e. The molecule has 0 amide bonds. The Morgan fingerprint density at radius 2 is 1.71 bits per heavy atom. The number of ether oxygens (including phenoxy) is 1. The van der Waals surface area contributed by atoms with Crippen molar-refractivity contribution in [3.63, 3.8) is 0 Å². The van der Waals surface area contributed by atoms with Crippen molar-refractivity contribution in [2.24, 2.45) is 10.8 Å². The molecule has 1 saturated carbocycles. The average molecular weight is 240 g/mol. The lowest BCUT2D eigenvalue weighted by atomic mass is 9.62. The molecular weight excluding hydrogens is 212 g/mol. The van der Waals surface area contributed by atoms with Crippen LogP contribution in [0.4, 0.5) is 0 Å². The van der Waals surface area contributed by atoms with E-state index in [1.807, 2.05) is 0 Å². The Hall–Kier alpha value is -0.370. The van der Waals surface area contributed by atoms with Gasteiger partial charge >= 0.3 is 0 Å². The number of rotatable bonds is 3. The summed E-state index contributed by atoms with van der Waals surface area (Å²) in [5, 5.41) is 0. The second-order valence-corrected chi connectivity index (χ2v) is 7.28. The molecule has 100 valence electrons. The fourth-order valence-corrected chi connectivity index (χ4v) is 3.11. The molecule has 1 aliphatic rings. The SMILES string of the molecule is COC1(C(=O)CC(C)(C)C)CCCCC1(C)C. The fraction of sp³-hybridized carbons (Fsp3) is 0.933. The highest BCUT2D eigenvalue weighted by Crippen LogP contribution is 2.48. The number of ketones is 1. The molecule has 1 aliphatic carbocycles. The number of carbonyl (C=O) groups is 1. The van der Waals surface area contributed by atoms with E-state index in [1.54, 1.807) is 7.11 Å². The molecule has 1 rings (SSSR count). The van der Waals surface area contributed by atoms with Crippen LogP contribution in [-0.4, -0.2) is 18.5 Å². The Morgan fingerprint density at radius 3 is 2.12 bits per heavy atom. The van der Waals surface area contributed by atoms with Gasteiger partial charge in [0.05, 0.1) is 0 Å². The molecular formula is C15H28O2. The summed E-state index contributed by atoms with van der Waals surface area (Å²) in [4.78, 5) is 12.7. The minimum atomic E-state index is -0.557. The maximum atomic E-state index is 12.7.